The van der Waals surface area contributed by atoms with E-state index in [1.54, 1.807) is 12.5 Å². The standard InChI is InChI=1S/C15H18N4O2S/c1-22(21)14-16-8-10-7-11-13(20)17-9-15(5-3-2-4-6-15)19(11)12(10)18-14/h7-8H,2-6,9H2,1H3,(H,17,20). The zero-order valence-electron chi connectivity index (χ0n) is 12.5. The first-order chi connectivity index (χ1) is 10.6. The zero-order valence-corrected chi connectivity index (χ0v) is 13.3. The summed E-state index contributed by atoms with van der Waals surface area (Å²) in [6.07, 6.45) is 8.89. The van der Waals surface area contributed by atoms with Crippen LogP contribution in [0.3, 0.4) is 0 Å². The molecule has 0 radical (unpaired) electrons. The number of carbonyl (C=O) groups excluding carboxylic acids is 1. The number of rotatable bonds is 1. The molecular formula is C15H18N4O2S. The minimum absolute atomic E-state index is 0.0617. The van der Waals surface area contributed by atoms with Gasteiger partial charge >= 0.3 is 0 Å². The number of amides is 1. The van der Waals surface area contributed by atoms with Gasteiger partial charge in [0.05, 0.1) is 16.3 Å². The second-order valence-corrected chi connectivity index (χ2v) is 7.49. The summed E-state index contributed by atoms with van der Waals surface area (Å²) in [5, 5.41) is 4.19. The monoisotopic (exact) mass is 318 g/mol. The Hall–Kier alpha value is -1.76. The summed E-state index contributed by atoms with van der Waals surface area (Å²) < 4.78 is 13.8. The summed E-state index contributed by atoms with van der Waals surface area (Å²) in [6, 6.07) is 1.85. The van der Waals surface area contributed by atoms with Crippen molar-refractivity contribution < 1.29 is 9.00 Å². The average Bonchev–Trinajstić information content (AvgIpc) is 2.92. The van der Waals surface area contributed by atoms with Gasteiger partial charge in [-0.15, -0.1) is 0 Å². The molecule has 1 aliphatic carbocycles. The Bertz CT molecular complexity index is 792. The van der Waals surface area contributed by atoms with Gasteiger partial charge in [-0.2, -0.15) is 0 Å². The van der Waals surface area contributed by atoms with Gasteiger partial charge in [0.15, 0.2) is 0 Å². The van der Waals surface area contributed by atoms with Crippen LogP contribution < -0.4 is 5.32 Å². The van der Waals surface area contributed by atoms with Crippen LogP contribution in [0.15, 0.2) is 17.4 Å². The molecule has 116 valence electrons. The largest absolute Gasteiger partial charge is 0.348 e. The van der Waals surface area contributed by atoms with Crippen LogP contribution in [0.2, 0.25) is 0 Å². The van der Waals surface area contributed by atoms with Gasteiger partial charge in [-0.05, 0) is 18.9 Å². The van der Waals surface area contributed by atoms with Gasteiger partial charge in [0.2, 0.25) is 5.16 Å². The molecule has 1 fully saturated rings. The molecule has 3 heterocycles. The van der Waals surface area contributed by atoms with E-state index in [1.807, 2.05) is 6.07 Å². The van der Waals surface area contributed by atoms with Gasteiger partial charge in [0.25, 0.3) is 5.91 Å². The number of nitrogens with zero attached hydrogens (tertiary/aromatic N) is 3. The van der Waals surface area contributed by atoms with Crippen molar-refractivity contribution in [2.24, 2.45) is 0 Å². The van der Waals surface area contributed by atoms with E-state index in [1.165, 1.54) is 6.42 Å². The highest BCUT2D eigenvalue weighted by Crippen LogP contribution is 2.40. The number of aromatic nitrogens is 3. The Balaban J connectivity index is 1.99. The smallest absolute Gasteiger partial charge is 0.268 e. The maximum atomic E-state index is 12.3. The lowest BCUT2D eigenvalue weighted by atomic mass is 9.80. The Kier molecular flexibility index (Phi) is 3.07. The lowest BCUT2D eigenvalue weighted by molar-refractivity contribution is 0.0833. The first-order valence-electron chi connectivity index (χ1n) is 7.61. The van der Waals surface area contributed by atoms with Crippen LogP contribution in [-0.4, -0.2) is 37.5 Å². The normalized spacial score (nSPS) is 21.6. The van der Waals surface area contributed by atoms with Gasteiger partial charge in [-0.3, -0.25) is 9.00 Å². The first-order valence-corrected chi connectivity index (χ1v) is 9.17. The fraction of sp³-hybridized carbons (Fsp3) is 0.533. The zero-order chi connectivity index (χ0) is 15.3. The van der Waals surface area contributed by atoms with E-state index in [9.17, 15) is 9.00 Å². The SMILES string of the molecule is CS(=O)c1ncc2cc3n(c2n1)C1(CCCCC1)CNC3=O. The minimum Gasteiger partial charge on any atom is -0.348 e. The highest BCUT2D eigenvalue weighted by molar-refractivity contribution is 7.84. The lowest BCUT2D eigenvalue weighted by Crippen LogP contribution is -2.52. The summed E-state index contributed by atoms with van der Waals surface area (Å²) in [4.78, 5) is 20.9. The molecule has 4 rings (SSSR count). The molecule has 1 N–H and O–H groups in total. The summed E-state index contributed by atoms with van der Waals surface area (Å²) >= 11 is 0. The van der Waals surface area contributed by atoms with Crippen LogP contribution in [-0.2, 0) is 16.3 Å². The number of carbonyl (C=O) groups is 1. The molecule has 1 spiro atoms. The second-order valence-electron chi connectivity index (χ2n) is 6.22. The Morgan fingerprint density at radius 3 is 2.82 bits per heavy atom. The fourth-order valence-electron chi connectivity index (χ4n) is 3.78. The first kappa shape index (κ1) is 13.9. The predicted molar refractivity (Wildman–Crippen MR) is 83.3 cm³/mol. The van der Waals surface area contributed by atoms with Crippen molar-refractivity contribution in [2.75, 3.05) is 12.8 Å². The molecule has 22 heavy (non-hydrogen) atoms. The molecule has 2 aromatic heterocycles. The number of nitrogens with one attached hydrogen (secondary N) is 1. The third kappa shape index (κ3) is 1.91. The van der Waals surface area contributed by atoms with Crippen LogP contribution in [0, 0.1) is 0 Å². The highest BCUT2D eigenvalue weighted by Gasteiger charge is 2.41. The second kappa shape index (κ2) is 4.87. The van der Waals surface area contributed by atoms with Crippen molar-refractivity contribution in [1.29, 1.82) is 0 Å². The van der Waals surface area contributed by atoms with Crippen LogP contribution >= 0.6 is 0 Å². The molecule has 2 aromatic rings. The molecule has 6 nitrogen and oxygen atoms in total. The molecule has 0 saturated heterocycles. The molecule has 1 saturated carbocycles. The highest BCUT2D eigenvalue weighted by atomic mass is 32.2. The summed E-state index contributed by atoms with van der Waals surface area (Å²) in [5.41, 5.74) is 1.30. The van der Waals surface area contributed by atoms with Gasteiger partial charge < -0.3 is 9.88 Å². The molecule has 7 heteroatoms. The van der Waals surface area contributed by atoms with Crippen LogP contribution in [0.25, 0.3) is 11.0 Å². The Morgan fingerprint density at radius 2 is 2.09 bits per heavy atom. The summed E-state index contributed by atoms with van der Waals surface area (Å²) in [6.45, 7) is 0.650. The predicted octanol–water partition coefficient (Wildman–Crippen LogP) is 1.57. The average molecular weight is 318 g/mol. The molecule has 1 atom stereocenters. The Morgan fingerprint density at radius 1 is 1.32 bits per heavy atom. The van der Waals surface area contributed by atoms with Gasteiger partial charge in [-0.25, -0.2) is 9.97 Å². The van der Waals surface area contributed by atoms with E-state index in [2.05, 4.69) is 19.9 Å². The third-order valence-electron chi connectivity index (χ3n) is 4.85. The van der Waals surface area contributed by atoms with E-state index in [0.29, 0.717) is 17.4 Å². The van der Waals surface area contributed by atoms with Crippen LogP contribution in [0.4, 0.5) is 0 Å². The van der Waals surface area contributed by atoms with Gasteiger partial charge in [0.1, 0.15) is 11.3 Å². The molecule has 2 aliphatic rings. The van der Waals surface area contributed by atoms with Crippen molar-refractivity contribution in [3.63, 3.8) is 0 Å². The molecular weight excluding hydrogens is 300 g/mol. The maximum absolute atomic E-state index is 12.3. The van der Waals surface area contributed by atoms with Crippen LogP contribution in [0.1, 0.15) is 42.6 Å². The van der Waals surface area contributed by atoms with E-state index in [0.717, 1.165) is 36.7 Å². The third-order valence-corrected chi connectivity index (χ3v) is 5.56. The molecule has 0 bridgehead atoms. The fourth-order valence-corrected chi connectivity index (χ4v) is 4.20. The minimum atomic E-state index is -1.23. The van der Waals surface area contributed by atoms with Crippen molar-refractivity contribution >= 4 is 27.7 Å². The maximum Gasteiger partial charge on any atom is 0.268 e. The van der Waals surface area contributed by atoms with E-state index in [-0.39, 0.29) is 11.4 Å². The topological polar surface area (TPSA) is 76.9 Å². The number of fused-ring (bicyclic) bond motifs is 4. The number of hydrogen-bond donors (Lipinski definition) is 1. The quantitative estimate of drug-likeness (QED) is 0.810. The van der Waals surface area contributed by atoms with E-state index < -0.39 is 10.8 Å². The Labute approximate surface area is 130 Å². The molecule has 1 unspecified atom stereocenters. The van der Waals surface area contributed by atoms with Gasteiger partial charge in [-0.1, -0.05) is 19.3 Å². The lowest BCUT2D eigenvalue weighted by Gasteiger charge is -2.42. The summed E-state index contributed by atoms with van der Waals surface area (Å²) in [5.74, 6) is -0.0617. The molecule has 1 amide bonds. The van der Waals surface area contributed by atoms with Crippen molar-refractivity contribution in [3.05, 3.63) is 18.0 Å². The van der Waals surface area contributed by atoms with Crippen LogP contribution in [0.5, 0.6) is 0 Å². The summed E-state index contributed by atoms with van der Waals surface area (Å²) in [7, 11) is -1.23. The molecule has 1 aliphatic heterocycles. The molecule has 0 aromatic carbocycles. The van der Waals surface area contributed by atoms with Crippen molar-refractivity contribution in [3.8, 4) is 0 Å². The van der Waals surface area contributed by atoms with Gasteiger partial charge in [0, 0.05) is 24.4 Å². The van der Waals surface area contributed by atoms with E-state index >= 15 is 0 Å². The van der Waals surface area contributed by atoms with E-state index in [4.69, 9.17) is 0 Å². The van der Waals surface area contributed by atoms with Crippen molar-refractivity contribution in [2.45, 2.75) is 42.8 Å². The number of hydrogen-bond acceptors (Lipinski definition) is 4. The van der Waals surface area contributed by atoms with Crippen molar-refractivity contribution in [1.82, 2.24) is 19.9 Å².